The molecule has 0 bridgehead atoms. The van der Waals surface area contributed by atoms with E-state index < -0.39 is 0 Å². The predicted molar refractivity (Wildman–Crippen MR) is 51.4 cm³/mol. The van der Waals surface area contributed by atoms with Gasteiger partial charge in [-0.05, 0) is 24.3 Å². The smallest absolute Gasteiger partial charge is 0.0607 e. The highest BCUT2D eigenvalue weighted by atomic mass is 32.2. The van der Waals surface area contributed by atoms with Crippen LogP contribution in [0.25, 0.3) is 0 Å². The van der Waals surface area contributed by atoms with Crippen molar-refractivity contribution in [3.05, 3.63) is 0 Å². The molecular weight excluding hydrogens is 174 g/mol. The quantitative estimate of drug-likeness (QED) is 0.577. The summed E-state index contributed by atoms with van der Waals surface area (Å²) in [6.45, 7) is 0.0558. The molecule has 12 heavy (non-hydrogen) atoms. The average molecular weight is 191 g/mol. The van der Waals surface area contributed by atoms with Gasteiger partial charge in [-0.3, -0.25) is 0 Å². The lowest BCUT2D eigenvalue weighted by atomic mass is 10.1. The monoisotopic (exact) mass is 191 g/mol. The molecule has 1 aliphatic rings. The van der Waals surface area contributed by atoms with Gasteiger partial charge in [-0.2, -0.15) is 11.8 Å². The van der Waals surface area contributed by atoms with Gasteiger partial charge in [-0.25, -0.2) is 0 Å². The SMILES string of the molecule is OCC(CO)NC1CCSCC1. The van der Waals surface area contributed by atoms with Gasteiger partial charge in [-0.1, -0.05) is 0 Å². The molecule has 3 N–H and O–H groups in total. The van der Waals surface area contributed by atoms with Gasteiger partial charge in [0.05, 0.1) is 19.3 Å². The molecule has 0 aliphatic carbocycles. The van der Waals surface area contributed by atoms with E-state index in [0.717, 1.165) is 12.8 Å². The zero-order chi connectivity index (χ0) is 8.81. The van der Waals surface area contributed by atoms with Crippen LogP contribution < -0.4 is 5.32 Å². The molecule has 0 radical (unpaired) electrons. The third-order valence-electron chi connectivity index (χ3n) is 2.13. The van der Waals surface area contributed by atoms with Crippen molar-refractivity contribution in [1.29, 1.82) is 0 Å². The van der Waals surface area contributed by atoms with Crippen molar-refractivity contribution < 1.29 is 10.2 Å². The van der Waals surface area contributed by atoms with E-state index in [0.29, 0.717) is 6.04 Å². The third-order valence-corrected chi connectivity index (χ3v) is 3.18. The number of thioether (sulfide) groups is 1. The lowest BCUT2D eigenvalue weighted by Crippen LogP contribution is -2.44. The van der Waals surface area contributed by atoms with Crippen molar-refractivity contribution >= 4 is 11.8 Å². The van der Waals surface area contributed by atoms with Crippen LogP contribution in [0.2, 0.25) is 0 Å². The summed E-state index contributed by atoms with van der Waals surface area (Å²) in [4.78, 5) is 0. The van der Waals surface area contributed by atoms with Crippen LogP contribution in [0.5, 0.6) is 0 Å². The molecule has 0 aromatic rings. The summed E-state index contributed by atoms with van der Waals surface area (Å²) in [6, 6.07) is 0.369. The van der Waals surface area contributed by atoms with Gasteiger partial charge in [0.2, 0.25) is 0 Å². The second-order valence-electron chi connectivity index (χ2n) is 3.12. The summed E-state index contributed by atoms with van der Waals surface area (Å²) in [5, 5.41) is 20.9. The Morgan fingerprint density at radius 2 is 1.83 bits per heavy atom. The van der Waals surface area contributed by atoms with Crippen LogP contribution in [-0.4, -0.2) is 47.0 Å². The molecule has 0 amide bonds. The van der Waals surface area contributed by atoms with E-state index in [2.05, 4.69) is 5.32 Å². The largest absolute Gasteiger partial charge is 0.395 e. The number of aliphatic hydroxyl groups is 2. The van der Waals surface area contributed by atoms with Crippen molar-refractivity contribution in [3.63, 3.8) is 0 Å². The molecular formula is C8H17NO2S. The van der Waals surface area contributed by atoms with E-state index >= 15 is 0 Å². The molecule has 0 saturated carbocycles. The van der Waals surface area contributed by atoms with Crippen molar-refractivity contribution in [2.75, 3.05) is 24.7 Å². The Morgan fingerprint density at radius 3 is 2.33 bits per heavy atom. The lowest BCUT2D eigenvalue weighted by Gasteiger charge is -2.26. The second kappa shape index (κ2) is 5.80. The molecule has 1 heterocycles. The molecule has 0 atom stereocenters. The molecule has 0 unspecified atom stereocenters. The fourth-order valence-electron chi connectivity index (χ4n) is 1.36. The van der Waals surface area contributed by atoms with Gasteiger partial charge in [0.25, 0.3) is 0 Å². The molecule has 1 fully saturated rings. The average Bonchev–Trinajstić information content (AvgIpc) is 2.16. The van der Waals surface area contributed by atoms with Gasteiger partial charge < -0.3 is 15.5 Å². The number of nitrogens with one attached hydrogen (secondary N) is 1. The van der Waals surface area contributed by atoms with Gasteiger partial charge in [0.15, 0.2) is 0 Å². The normalized spacial score (nSPS) is 20.2. The minimum Gasteiger partial charge on any atom is -0.395 e. The fraction of sp³-hybridized carbons (Fsp3) is 1.00. The summed E-state index contributed by atoms with van der Waals surface area (Å²) in [7, 11) is 0. The minimum atomic E-state index is -0.127. The molecule has 0 aromatic heterocycles. The maximum absolute atomic E-state index is 8.83. The Labute approximate surface area is 77.5 Å². The standard InChI is InChI=1S/C8H17NO2S/c10-5-8(6-11)9-7-1-3-12-4-2-7/h7-11H,1-6H2. The Morgan fingerprint density at radius 1 is 1.25 bits per heavy atom. The van der Waals surface area contributed by atoms with Crippen LogP contribution in [0, 0.1) is 0 Å². The molecule has 0 spiro atoms. The first-order valence-electron chi connectivity index (χ1n) is 4.42. The van der Waals surface area contributed by atoms with E-state index in [-0.39, 0.29) is 19.3 Å². The maximum Gasteiger partial charge on any atom is 0.0607 e. The van der Waals surface area contributed by atoms with Crippen LogP contribution in [0.1, 0.15) is 12.8 Å². The zero-order valence-corrected chi connectivity index (χ0v) is 8.02. The number of aliphatic hydroxyl groups excluding tert-OH is 2. The Balaban J connectivity index is 2.18. The summed E-state index contributed by atoms with van der Waals surface area (Å²) in [5.41, 5.74) is 0. The highest BCUT2D eigenvalue weighted by molar-refractivity contribution is 7.99. The van der Waals surface area contributed by atoms with Crippen LogP contribution in [0.4, 0.5) is 0 Å². The van der Waals surface area contributed by atoms with Crippen LogP contribution in [0.15, 0.2) is 0 Å². The Hall–Kier alpha value is 0.230. The molecule has 1 rings (SSSR count). The summed E-state index contributed by atoms with van der Waals surface area (Å²) in [5.74, 6) is 2.39. The van der Waals surface area contributed by atoms with E-state index in [1.165, 1.54) is 11.5 Å². The first-order chi connectivity index (χ1) is 5.86. The summed E-state index contributed by atoms with van der Waals surface area (Å²) < 4.78 is 0. The molecule has 72 valence electrons. The van der Waals surface area contributed by atoms with Crippen molar-refractivity contribution in [2.24, 2.45) is 0 Å². The highest BCUT2D eigenvalue weighted by Crippen LogP contribution is 2.17. The van der Waals surface area contributed by atoms with E-state index in [1.54, 1.807) is 0 Å². The van der Waals surface area contributed by atoms with E-state index in [4.69, 9.17) is 10.2 Å². The first kappa shape index (κ1) is 10.3. The van der Waals surface area contributed by atoms with Crippen LogP contribution in [-0.2, 0) is 0 Å². The van der Waals surface area contributed by atoms with Crippen molar-refractivity contribution in [2.45, 2.75) is 24.9 Å². The van der Waals surface area contributed by atoms with Gasteiger partial charge in [0.1, 0.15) is 0 Å². The Kier molecular flexibility index (Phi) is 4.99. The molecule has 3 nitrogen and oxygen atoms in total. The highest BCUT2D eigenvalue weighted by Gasteiger charge is 2.16. The number of rotatable bonds is 4. The summed E-state index contributed by atoms with van der Waals surface area (Å²) in [6.07, 6.45) is 2.31. The third kappa shape index (κ3) is 3.31. The van der Waals surface area contributed by atoms with Gasteiger partial charge >= 0.3 is 0 Å². The van der Waals surface area contributed by atoms with Crippen molar-refractivity contribution in [1.82, 2.24) is 5.32 Å². The Bertz CT molecular complexity index is 114. The number of hydrogen-bond acceptors (Lipinski definition) is 4. The van der Waals surface area contributed by atoms with Crippen molar-refractivity contribution in [3.8, 4) is 0 Å². The lowest BCUT2D eigenvalue weighted by molar-refractivity contribution is 0.160. The number of hydrogen-bond donors (Lipinski definition) is 3. The zero-order valence-electron chi connectivity index (χ0n) is 7.20. The molecule has 4 heteroatoms. The minimum absolute atomic E-state index is 0.0279. The van der Waals surface area contributed by atoms with Gasteiger partial charge in [0, 0.05) is 6.04 Å². The fourth-order valence-corrected chi connectivity index (χ4v) is 2.47. The van der Waals surface area contributed by atoms with Gasteiger partial charge in [-0.15, -0.1) is 0 Å². The molecule has 1 aliphatic heterocycles. The predicted octanol–water partition coefficient (Wildman–Crippen LogP) is -0.175. The van der Waals surface area contributed by atoms with E-state index in [9.17, 15) is 0 Å². The van der Waals surface area contributed by atoms with E-state index in [1.807, 2.05) is 11.8 Å². The summed E-state index contributed by atoms with van der Waals surface area (Å²) >= 11 is 1.98. The van der Waals surface area contributed by atoms with Crippen LogP contribution in [0.3, 0.4) is 0 Å². The maximum atomic E-state index is 8.83. The molecule has 0 aromatic carbocycles. The second-order valence-corrected chi connectivity index (χ2v) is 4.34. The molecule has 1 saturated heterocycles. The first-order valence-corrected chi connectivity index (χ1v) is 5.57. The topological polar surface area (TPSA) is 52.5 Å². The van der Waals surface area contributed by atoms with Crippen LogP contribution >= 0.6 is 11.8 Å².